The molecule has 0 atom stereocenters. The monoisotopic (exact) mass is 352 g/mol. The van der Waals surface area contributed by atoms with E-state index in [1.807, 2.05) is 24.3 Å². The molecule has 1 aromatic carbocycles. The third kappa shape index (κ3) is 3.10. The van der Waals surface area contributed by atoms with Crippen molar-refractivity contribution in [1.82, 2.24) is 14.5 Å². The maximum atomic E-state index is 12.4. The number of thioether (sulfide) groups is 1. The van der Waals surface area contributed by atoms with Crippen molar-refractivity contribution in [2.24, 2.45) is 0 Å². The quantitative estimate of drug-likeness (QED) is 0.780. The van der Waals surface area contributed by atoms with Crippen LogP contribution >= 0.6 is 11.8 Å². The molecule has 3 heterocycles. The third-order valence-corrected chi connectivity index (χ3v) is 4.92. The molecule has 4 rings (SSSR count). The van der Waals surface area contributed by atoms with Crippen LogP contribution in [0.15, 0.2) is 53.9 Å². The number of carbonyl (C=O) groups is 1. The Labute approximate surface area is 149 Å². The minimum Gasteiger partial charge on any atom is -0.480 e. The summed E-state index contributed by atoms with van der Waals surface area (Å²) in [6, 6.07) is 11.0. The number of amides is 1. The molecule has 7 heteroatoms. The van der Waals surface area contributed by atoms with Crippen LogP contribution in [0.4, 0.5) is 5.69 Å². The zero-order valence-corrected chi connectivity index (χ0v) is 14.4. The number of methoxy groups -OCH3 is 1. The molecule has 0 unspecified atom stereocenters. The maximum Gasteiger partial charge on any atom is 0.261 e. The van der Waals surface area contributed by atoms with Crippen LogP contribution in [0, 0.1) is 0 Å². The summed E-state index contributed by atoms with van der Waals surface area (Å²) in [6.07, 6.45) is 3.66. The van der Waals surface area contributed by atoms with Gasteiger partial charge in [0.2, 0.25) is 5.88 Å². The number of anilines is 1. The molecule has 0 bridgehead atoms. The van der Waals surface area contributed by atoms with E-state index in [-0.39, 0.29) is 5.91 Å². The summed E-state index contributed by atoms with van der Waals surface area (Å²) in [5.74, 6) is 1.14. The molecule has 25 heavy (non-hydrogen) atoms. The van der Waals surface area contributed by atoms with Crippen LogP contribution in [-0.2, 0) is 6.54 Å². The summed E-state index contributed by atoms with van der Waals surface area (Å²) in [4.78, 5) is 21.1. The van der Waals surface area contributed by atoms with Gasteiger partial charge in [-0.05, 0) is 24.3 Å². The van der Waals surface area contributed by atoms with Gasteiger partial charge in [0.25, 0.3) is 5.91 Å². The highest BCUT2D eigenvalue weighted by Crippen LogP contribution is 2.29. The highest BCUT2D eigenvalue weighted by atomic mass is 32.2. The van der Waals surface area contributed by atoms with Gasteiger partial charge < -0.3 is 14.6 Å². The average Bonchev–Trinajstić information content (AvgIpc) is 3.24. The van der Waals surface area contributed by atoms with Crippen molar-refractivity contribution < 1.29 is 9.53 Å². The van der Waals surface area contributed by atoms with E-state index in [0.717, 1.165) is 28.7 Å². The third-order valence-electron chi connectivity index (χ3n) is 3.95. The fourth-order valence-corrected chi connectivity index (χ4v) is 3.64. The average molecular weight is 352 g/mol. The van der Waals surface area contributed by atoms with Crippen LogP contribution in [0.3, 0.4) is 0 Å². The smallest absolute Gasteiger partial charge is 0.261 e. The Balaban J connectivity index is 1.51. The van der Waals surface area contributed by atoms with E-state index in [1.54, 1.807) is 30.1 Å². The molecular formula is C18H16N4O2S. The first-order valence-electron chi connectivity index (χ1n) is 7.85. The standard InChI is InChI=1S/C18H16N4O2S/c1-24-17-14(3-2-8-19-17)16(23)20-13-6-4-12(5-7-13)15-11-22-9-10-25-18(22)21-15/h2-8,11H,9-10H2,1H3,(H,20,23). The molecule has 1 aliphatic rings. The Hall–Kier alpha value is -2.80. The van der Waals surface area contributed by atoms with Crippen molar-refractivity contribution in [2.75, 3.05) is 18.2 Å². The zero-order valence-electron chi connectivity index (χ0n) is 13.6. The number of nitrogens with zero attached hydrogens (tertiary/aromatic N) is 3. The molecule has 1 aliphatic heterocycles. The molecule has 0 saturated carbocycles. The Kier molecular flexibility index (Phi) is 4.15. The van der Waals surface area contributed by atoms with E-state index in [9.17, 15) is 4.79 Å². The predicted molar refractivity (Wildman–Crippen MR) is 97.1 cm³/mol. The lowest BCUT2D eigenvalue weighted by molar-refractivity contribution is 0.102. The molecule has 6 nitrogen and oxygen atoms in total. The first-order chi connectivity index (χ1) is 12.2. The van der Waals surface area contributed by atoms with E-state index in [4.69, 9.17) is 4.74 Å². The lowest BCUT2D eigenvalue weighted by Gasteiger charge is -2.08. The summed E-state index contributed by atoms with van der Waals surface area (Å²) in [5.41, 5.74) is 3.09. The van der Waals surface area contributed by atoms with Gasteiger partial charge in [-0.15, -0.1) is 0 Å². The van der Waals surface area contributed by atoms with Crippen molar-refractivity contribution in [2.45, 2.75) is 11.7 Å². The molecular weight excluding hydrogens is 336 g/mol. The number of rotatable bonds is 4. The lowest BCUT2D eigenvalue weighted by atomic mass is 10.1. The SMILES string of the molecule is COc1ncccc1C(=O)Nc1ccc(-c2cn3c(n2)SCC3)cc1. The molecule has 0 aliphatic carbocycles. The highest BCUT2D eigenvalue weighted by molar-refractivity contribution is 7.99. The van der Waals surface area contributed by atoms with E-state index in [1.165, 1.54) is 7.11 Å². The van der Waals surface area contributed by atoms with Gasteiger partial charge in [-0.25, -0.2) is 9.97 Å². The molecule has 0 radical (unpaired) electrons. The van der Waals surface area contributed by atoms with E-state index >= 15 is 0 Å². The summed E-state index contributed by atoms with van der Waals surface area (Å²) < 4.78 is 7.30. The number of aromatic nitrogens is 3. The van der Waals surface area contributed by atoms with Crippen LogP contribution in [0.1, 0.15) is 10.4 Å². The number of carbonyl (C=O) groups excluding carboxylic acids is 1. The molecule has 126 valence electrons. The second-order valence-corrected chi connectivity index (χ2v) is 6.60. The largest absolute Gasteiger partial charge is 0.480 e. The fraction of sp³-hybridized carbons (Fsp3) is 0.167. The van der Waals surface area contributed by atoms with Crippen LogP contribution < -0.4 is 10.1 Å². The summed E-state index contributed by atoms with van der Waals surface area (Å²) >= 11 is 1.77. The topological polar surface area (TPSA) is 69.0 Å². The predicted octanol–water partition coefficient (Wildman–Crippen LogP) is 3.31. The first kappa shape index (κ1) is 15.7. The van der Waals surface area contributed by atoms with E-state index in [0.29, 0.717) is 17.1 Å². The van der Waals surface area contributed by atoms with Crippen molar-refractivity contribution >= 4 is 23.4 Å². The van der Waals surface area contributed by atoms with Gasteiger partial charge in [0.15, 0.2) is 5.16 Å². The van der Waals surface area contributed by atoms with Crippen LogP contribution in [0.2, 0.25) is 0 Å². The Morgan fingerprint density at radius 1 is 1.28 bits per heavy atom. The van der Waals surface area contributed by atoms with Gasteiger partial charge in [0.05, 0.1) is 12.8 Å². The van der Waals surface area contributed by atoms with E-state index in [2.05, 4.69) is 26.0 Å². The number of imidazole rings is 1. The molecule has 3 aromatic rings. The van der Waals surface area contributed by atoms with Crippen LogP contribution in [0.5, 0.6) is 5.88 Å². The number of nitrogens with one attached hydrogen (secondary N) is 1. The van der Waals surface area contributed by atoms with Gasteiger partial charge in [0.1, 0.15) is 5.56 Å². The summed E-state index contributed by atoms with van der Waals surface area (Å²) in [7, 11) is 1.49. The van der Waals surface area contributed by atoms with Crippen molar-refractivity contribution in [1.29, 1.82) is 0 Å². The van der Waals surface area contributed by atoms with Gasteiger partial charge in [0, 0.05) is 35.9 Å². The Morgan fingerprint density at radius 2 is 2.12 bits per heavy atom. The molecule has 1 amide bonds. The first-order valence-corrected chi connectivity index (χ1v) is 8.84. The van der Waals surface area contributed by atoms with Crippen molar-refractivity contribution in [3.63, 3.8) is 0 Å². The van der Waals surface area contributed by atoms with Gasteiger partial charge in [-0.3, -0.25) is 4.79 Å². The Morgan fingerprint density at radius 3 is 2.88 bits per heavy atom. The number of hydrogen-bond acceptors (Lipinski definition) is 5. The minimum absolute atomic E-state index is 0.255. The highest BCUT2D eigenvalue weighted by Gasteiger charge is 2.16. The maximum absolute atomic E-state index is 12.4. The number of benzene rings is 1. The minimum atomic E-state index is -0.255. The lowest BCUT2D eigenvalue weighted by Crippen LogP contribution is -2.13. The summed E-state index contributed by atoms with van der Waals surface area (Å²) in [6.45, 7) is 1.01. The molecule has 1 N–H and O–H groups in total. The molecule has 0 saturated heterocycles. The van der Waals surface area contributed by atoms with Gasteiger partial charge in [-0.1, -0.05) is 23.9 Å². The zero-order chi connectivity index (χ0) is 17.2. The van der Waals surface area contributed by atoms with Gasteiger partial charge in [-0.2, -0.15) is 0 Å². The number of ether oxygens (including phenoxy) is 1. The van der Waals surface area contributed by atoms with Crippen molar-refractivity contribution in [3.8, 4) is 17.1 Å². The second-order valence-electron chi connectivity index (χ2n) is 5.54. The van der Waals surface area contributed by atoms with Crippen LogP contribution in [0.25, 0.3) is 11.3 Å². The second kappa shape index (κ2) is 6.60. The number of fused-ring (bicyclic) bond motifs is 1. The normalized spacial score (nSPS) is 12.7. The Bertz CT molecular complexity index is 900. The molecule has 0 spiro atoms. The number of hydrogen-bond donors (Lipinski definition) is 1. The van der Waals surface area contributed by atoms with Crippen LogP contribution in [-0.4, -0.2) is 33.3 Å². The van der Waals surface area contributed by atoms with E-state index < -0.39 is 0 Å². The summed E-state index contributed by atoms with van der Waals surface area (Å²) in [5, 5.41) is 3.93. The number of aryl methyl sites for hydroxylation is 1. The molecule has 2 aromatic heterocycles. The molecule has 0 fully saturated rings. The number of pyridine rings is 1. The van der Waals surface area contributed by atoms with Crippen molar-refractivity contribution in [3.05, 3.63) is 54.4 Å². The van der Waals surface area contributed by atoms with Gasteiger partial charge >= 0.3 is 0 Å². The fourth-order valence-electron chi connectivity index (χ4n) is 2.70.